The summed E-state index contributed by atoms with van der Waals surface area (Å²) in [5.74, 6) is 0. The van der Waals surface area contributed by atoms with Crippen molar-refractivity contribution in [1.82, 2.24) is 0 Å². The predicted molar refractivity (Wildman–Crippen MR) is 482 cm³/mol. The predicted octanol–water partition coefficient (Wildman–Crippen LogP) is 29.6. The Labute approximate surface area is 680 Å². The second kappa shape index (κ2) is 30.7. The fraction of sp³-hybridized carbons (Fsp3) is 0.0980. The quantitative estimate of drug-likeness (QED) is 0.145. The van der Waals surface area contributed by atoms with E-state index in [9.17, 15) is 0 Å². The maximum absolute atomic E-state index is 6.13. The van der Waals surface area contributed by atoms with Crippen LogP contribution in [0.4, 0.5) is 11.4 Å². The summed E-state index contributed by atoms with van der Waals surface area (Å²) >= 11 is 10.6. The third-order valence-electron chi connectivity index (χ3n) is 22.1. The van der Waals surface area contributed by atoms with E-state index in [0.717, 1.165) is 108 Å². The van der Waals surface area contributed by atoms with Crippen molar-refractivity contribution in [2.45, 2.75) is 65.6 Å². The fourth-order valence-electron chi connectivity index (χ4n) is 15.9. The van der Waals surface area contributed by atoms with Crippen LogP contribution in [0.1, 0.15) is 81.5 Å². The third kappa shape index (κ3) is 14.0. The first-order chi connectivity index (χ1) is 53.6. The van der Waals surface area contributed by atoms with Crippen LogP contribution in [0.3, 0.4) is 0 Å². The molecule has 21 rings (SSSR count). The number of nitrogens with one attached hydrogen (secondary N) is 1. The number of fused-ring (bicyclic) bond motifs is 19. The Morgan fingerprint density at radius 2 is 0.696 bits per heavy atom. The molecule has 3 aromatic heterocycles. The molecule has 4 heterocycles. The SMILES string of the molecule is Brc1ccc(Nc2ccc(Br)cc2)cc1.C.C.C=Cc1cccc(-c2ccc3c(c2)C2(c4ccccc4-c4ccc(Br)cc42)c2ccccc2-3)c1.CC1(C)OB(c2ccc3oc4ccccc4c3c2)OC1(C)C.c1ccc2c(c1)oc1ccc(-c3ccc(Cc4ccc(-c5ccc6oc7ccccc7c6c5)cc4)cc3)cc12. The molecule has 0 radical (unpaired) electrons. The van der Waals surface area contributed by atoms with E-state index >= 15 is 0 Å². The molecule has 0 saturated carbocycles. The number of benzene rings is 15. The lowest BCUT2D eigenvalue weighted by Crippen LogP contribution is -2.41. The number of furan rings is 3. The normalized spacial score (nSPS) is 14.4. The fourth-order valence-corrected chi connectivity index (χ4v) is 16.8. The highest BCUT2D eigenvalue weighted by Crippen LogP contribution is 2.63. The van der Waals surface area contributed by atoms with Gasteiger partial charge < -0.3 is 27.9 Å². The van der Waals surface area contributed by atoms with E-state index < -0.39 is 0 Å². The Bertz CT molecular complexity index is 6330. The van der Waals surface area contributed by atoms with Crippen LogP contribution < -0.4 is 10.8 Å². The number of hydrogen-bond acceptors (Lipinski definition) is 6. The number of para-hydroxylation sites is 3. The summed E-state index contributed by atoms with van der Waals surface area (Å²) in [7, 11) is -0.344. The zero-order chi connectivity index (χ0) is 74.8. The minimum atomic E-state index is -0.344. The van der Waals surface area contributed by atoms with Crippen LogP contribution in [0.15, 0.2) is 367 Å². The largest absolute Gasteiger partial charge is 0.494 e. The third-order valence-corrected chi connectivity index (χ3v) is 23.7. The Kier molecular flexibility index (Phi) is 20.5. The van der Waals surface area contributed by atoms with Crippen LogP contribution in [0.5, 0.6) is 0 Å². The van der Waals surface area contributed by atoms with Crippen molar-refractivity contribution in [3.63, 3.8) is 0 Å². The summed E-state index contributed by atoms with van der Waals surface area (Å²) in [4.78, 5) is 0. The highest BCUT2D eigenvalue weighted by atomic mass is 79.9. The van der Waals surface area contributed by atoms with Crippen LogP contribution in [-0.2, 0) is 21.1 Å². The van der Waals surface area contributed by atoms with E-state index in [1.807, 2.05) is 109 Å². The summed E-state index contributed by atoms with van der Waals surface area (Å²) in [6, 6.07) is 118. The highest BCUT2D eigenvalue weighted by molar-refractivity contribution is 9.11. The lowest BCUT2D eigenvalue weighted by atomic mass is 9.70. The van der Waals surface area contributed by atoms with Gasteiger partial charge in [-0.05, 0) is 255 Å². The van der Waals surface area contributed by atoms with Crippen LogP contribution in [0.25, 0.3) is 128 Å². The minimum Gasteiger partial charge on any atom is -0.456 e. The summed E-state index contributed by atoms with van der Waals surface area (Å²) in [5, 5.41) is 10.2. The van der Waals surface area contributed by atoms with Crippen molar-refractivity contribution in [1.29, 1.82) is 0 Å². The van der Waals surface area contributed by atoms with E-state index in [2.05, 4.69) is 318 Å². The van der Waals surface area contributed by atoms with E-state index in [0.29, 0.717) is 0 Å². The van der Waals surface area contributed by atoms with Gasteiger partial charge in [-0.1, -0.05) is 288 Å². The maximum Gasteiger partial charge on any atom is 0.494 e. The lowest BCUT2D eigenvalue weighted by molar-refractivity contribution is 0.00578. The first-order valence-electron chi connectivity index (χ1n) is 37.0. The summed E-state index contributed by atoms with van der Waals surface area (Å²) < 4.78 is 33.4. The van der Waals surface area contributed by atoms with Crippen LogP contribution in [0.2, 0.25) is 0 Å². The second-order valence-electron chi connectivity index (χ2n) is 29.4. The molecule has 1 N–H and O–H groups in total. The first kappa shape index (κ1) is 74.7. The molecule has 112 heavy (non-hydrogen) atoms. The van der Waals surface area contributed by atoms with Gasteiger partial charge >= 0.3 is 7.12 Å². The van der Waals surface area contributed by atoms with Crippen molar-refractivity contribution in [2.24, 2.45) is 0 Å². The van der Waals surface area contributed by atoms with E-state index in [1.165, 1.54) is 89.0 Å². The lowest BCUT2D eigenvalue weighted by Gasteiger charge is -2.32. The number of hydrogen-bond donors (Lipinski definition) is 1. The van der Waals surface area contributed by atoms with Gasteiger partial charge in [-0.2, -0.15) is 0 Å². The molecule has 1 aliphatic heterocycles. The molecule has 6 nitrogen and oxygen atoms in total. The molecule has 548 valence electrons. The van der Waals surface area contributed by atoms with E-state index in [4.69, 9.17) is 22.6 Å². The molecule has 1 fully saturated rings. The van der Waals surface area contributed by atoms with Gasteiger partial charge in [0.05, 0.1) is 16.6 Å². The van der Waals surface area contributed by atoms with Crippen molar-refractivity contribution >= 4 is 144 Å². The Balaban J connectivity index is 0.000000118. The zero-order valence-corrected chi connectivity index (χ0v) is 65.8. The van der Waals surface area contributed by atoms with Crippen LogP contribution >= 0.6 is 47.8 Å². The van der Waals surface area contributed by atoms with Gasteiger partial charge in [-0.25, -0.2) is 0 Å². The molecular formula is C102H81BBr3NO5. The second-order valence-corrected chi connectivity index (χ2v) is 32.1. The molecule has 15 aromatic carbocycles. The highest BCUT2D eigenvalue weighted by Gasteiger charge is 2.53. The number of halogens is 3. The molecule has 1 atom stereocenters. The molecule has 10 heteroatoms. The Morgan fingerprint density at radius 1 is 0.321 bits per heavy atom. The smallest absolute Gasteiger partial charge is 0.456 e. The first-order valence-corrected chi connectivity index (χ1v) is 39.4. The molecule has 0 amide bonds. The molecule has 1 saturated heterocycles. The maximum atomic E-state index is 6.13. The zero-order valence-electron chi connectivity index (χ0n) is 61.0. The van der Waals surface area contributed by atoms with Crippen molar-refractivity contribution in [3.05, 3.63) is 393 Å². The van der Waals surface area contributed by atoms with Crippen LogP contribution in [0, 0.1) is 0 Å². The molecular weight excluding hydrogens is 1570 g/mol. The molecule has 1 spiro atoms. The number of rotatable bonds is 9. The van der Waals surface area contributed by atoms with Gasteiger partial charge in [0.1, 0.15) is 33.5 Å². The average Bonchev–Trinajstić information content (AvgIpc) is 1.51. The number of anilines is 2. The van der Waals surface area contributed by atoms with Crippen LogP contribution in [-0.4, -0.2) is 18.3 Å². The van der Waals surface area contributed by atoms with Crippen molar-refractivity contribution < 1.29 is 22.6 Å². The molecule has 18 aromatic rings. The average molecular weight is 1650 g/mol. The molecule has 0 bridgehead atoms. The van der Waals surface area contributed by atoms with Gasteiger partial charge in [-0.15, -0.1) is 0 Å². The standard InChI is InChI=1S/C37H24O2.C33H21Br.C18H19BO3.C12H9Br2N.2CH4/c1-3-7-34-30(5-1)32-22-28(17-19-36(32)38-34)26-13-9-24(10-14-26)21-25-11-15-27(16-12-25)29-18-20-37-33(23-29)31-6-2-4-8-35(31)39-37;1-2-21-8-7-9-22(18-21)23-14-16-27-25-10-3-5-12-29(25)33(31(27)19-23)30-13-6-4-11-26(30)28-17-15-24(34)20-32(28)33;1-17(2)18(3,4)22-19(21-17)12-9-10-16-14(11-12)13-7-5-6-8-15(13)20-16;13-9-1-5-11(6-2-9)15-12-7-3-10(14)4-8-12;;/h1-20,22-23H,21H2;2-20H,1H2;5-11H,1-4H3;1-8,15H;2*1H4. The van der Waals surface area contributed by atoms with E-state index in [1.54, 1.807) is 0 Å². The van der Waals surface area contributed by atoms with Crippen molar-refractivity contribution in [3.8, 4) is 55.6 Å². The summed E-state index contributed by atoms with van der Waals surface area (Å²) in [5.41, 5.74) is 29.5. The van der Waals surface area contributed by atoms with Gasteiger partial charge in [-0.3, -0.25) is 0 Å². The van der Waals surface area contributed by atoms with Gasteiger partial charge in [0.15, 0.2) is 0 Å². The van der Waals surface area contributed by atoms with Gasteiger partial charge in [0.25, 0.3) is 0 Å². The van der Waals surface area contributed by atoms with Crippen molar-refractivity contribution in [2.75, 3.05) is 5.32 Å². The Morgan fingerprint density at radius 3 is 1.19 bits per heavy atom. The van der Waals surface area contributed by atoms with E-state index in [-0.39, 0.29) is 38.6 Å². The summed E-state index contributed by atoms with van der Waals surface area (Å²) in [6.45, 7) is 12.2. The molecule has 3 aliphatic rings. The minimum absolute atomic E-state index is 0. The topological polar surface area (TPSA) is 69.9 Å². The Hall–Kier alpha value is -11.3. The van der Waals surface area contributed by atoms with Gasteiger partial charge in [0.2, 0.25) is 0 Å². The molecule has 2 aliphatic carbocycles. The monoisotopic (exact) mass is 1650 g/mol. The van der Waals surface area contributed by atoms with Gasteiger partial charge in [0, 0.05) is 57.1 Å². The summed E-state index contributed by atoms with van der Waals surface area (Å²) in [6.07, 6.45) is 2.81. The molecule has 1 unspecified atom stereocenters.